The van der Waals surface area contributed by atoms with Gasteiger partial charge < -0.3 is 10.1 Å². The van der Waals surface area contributed by atoms with Crippen molar-refractivity contribution in [3.63, 3.8) is 0 Å². The fourth-order valence-electron chi connectivity index (χ4n) is 2.19. The normalized spacial score (nSPS) is 11.2. The number of phenols is 1. The first kappa shape index (κ1) is 16.1. The molecule has 0 spiro atoms. The smallest absolute Gasteiger partial charge is 0.270 e. The van der Waals surface area contributed by atoms with Crippen LogP contribution in [0, 0.1) is 11.3 Å². The largest absolute Gasteiger partial charge is 0.507 e. The Morgan fingerprint density at radius 1 is 1.36 bits per heavy atom. The fourth-order valence-corrected chi connectivity index (χ4v) is 2.56. The summed E-state index contributed by atoms with van der Waals surface area (Å²) >= 11 is 1.27. The Morgan fingerprint density at radius 3 is 2.59 bits per heavy atom. The average molecular weight is 315 g/mol. The third kappa shape index (κ3) is 2.85. The molecule has 0 fully saturated rings. The summed E-state index contributed by atoms with van der Waals surface area (Å²) < 4.78 is 0. The number of nitrogens with zero attached hydrogens (tertiary/aromatic N) is 2. The Hall–Kier alpha value is -2.26. The van der Waals surface area contributed by atoms with Crippen LogP contribution < -0.4 is 5.56 Å². The van der Waals surface area contributed by atoms with E-state index >= 15 is 0 Å². The molecule has 1 aromatic heterocycles. The van der Waals surface area contributed by atoms with Crippen molar-refractivity contribution in [2.75, 3.05) is 6.26 Å². The molecule has 0 unspecified atom stereocenters. The molecule has 2 aromatic rings. The number of para-hydroxylation sites is 1. The van der Waals surface area contributed by atoms with Gasteiger partial charge in [0.25, 0.3) is 5.56 Å². The number of rotatable bonds is 2. The van der Waals surface area contributed by atoms with Gasteiger partial charge in [-0.1, -0.05) is 44.7 Å². The van der Waals surface area contributed by atoms with Gasteiger partial charge >= 0.3 is 0 Å². The highest BCUT2D eigenvalue weighted by Crippen LogP contribution is 2.38. The Balaban J connectivity index is 2.81. The van der Waals surface area contributed by atoms with Crippen molar-refractivity contribution in [2.24, 2.45) is 0 Å². The molecule has 22 heavy (non-hydrogen) atoms. The number of benzene rings is 1. The topological polar surface area (TPSA) is 89.8 Å². The third-order valence-electron chi connectivity index (χ3n) is 3.30. The lowest BCUT2D eigenvalue weighted by molar-refractivity contribution is 0.448. The highest BCUT2D eigenvalue weighted by molar-refractivity contribution is 7.98. The Bertz CT molecular complexity index is 814. The minimum absolute atomic E-state index is 0.0525. The van der Waals surface area contributed by atoms with Gasteiger partial charge in [0.2, 0.25) is 0 Å². The van der Waals surface area contributed by atoms with Crippen LogP contribution in [0.5, 0.6) is 5.75 Å². The van der Waals surface area contributed by atoms with E-state index in [9.17, 15) is 15.2 Å². The maximum Gasteiger partial charge on any atom is 0.270 e. The summed E-state index contributed by atoms with van der Waals surface area (Å²) in [6, 6.07) is 7.15. The van der Waals surface area contributed by atoms with Crippen molar-refractivity contribution in [3.8, 4) is 23.1 Å². The summed E-state index contributed by atoms with van der Waals surface area (Å²) in [5.41, 5.74) is 0.471. The second-order valence-electron chi connectivity index (χ2n) is 5.86. The first-order valence-electron chi connectivity index (χ1n) is 6.70. The first-order valence-corrected chi connectivity index (χ1v) is 7.93. The average Bonchev–Trinajstić information content (AvgIpc) is 2.45. The second kappa shape index (κ2) is 5.85. The lowest BCUT2D eigenvalue weighted by atomic mass is 9.84. The predicted octanol–water partition coefficient (Wildman–Crippen LogP) is 3.03. The number of aromatic amines is 1. The lowest BCUT2D eigenvalue weighted by Gasteiger charge is -2.21. The van der Waals surface area contributed by atoms with Crippen LogP contribution in [0.1, 0.15) is 31.9 Å². The molecule has 0 amide bonds. The molecule has 5 nitrogen and oxygen atoms in total. The zero-order chi connectivity index (χ0) is 16.5. The predicted molar refractivity (Wildman–Crippen MR) is 87.2 cm³/mol. The summed E-state index contributed by atoms with van der Waals surface area (Å²) in [6.07, 6.45) is 1.78. The molecule has 0 bridgehead atoms. The molecular weight excluding hydrogens is 298 g/mol. The van der Waals surface area contributed by atoms with Crippen LogP contribution in [0.25, 0.3) is 11.3 Å². The summed E-state index contributed by atoms with van der Waals surface area (Å²) in [4.78, 5) is 18.8. The molecule has 2 rings (SSSR count). The summed E-state index contributed by atoms with van der Waals surface area (Å²) in [7, 11) is 0. The van der Waals surface area contributed by atoms with Crippen LogP contribution in [-0.4, -0.2) is 21.3 Å². The van der Waals surface area contributed by atoms with Crippen LogP contribution in [0.15, 0.2) is 28.2 Å². The van der Waals surface area contributed by atoms with Crippen molar-refractivity contribution in [1.29, 1.82) is 5.26 Å². The van der Waals surface area contributed by atoms with Crippen LogP contribution in [-0.2, 0) is 5.41 Å². The van der Waals surface area contributed by atoms with Gasteiger partial charge in [-0.3, -0.25) is 4.79 Å². The first-order chi connectivity index (χ1) is 10.3. The number of aromatic hydroxyl groups is 1. The van der Waals surface area contributed by atoms with Gasteiger partial charge in [-0.25, -0.2) is 4.98 Å². The minimum atomic E-state index is -0.502. The maximum atomic E-state index is 12.0. The number of aromatic nitrogens is 2. The van der Waals surface area contributed by atoms with Gasteiger partial charge in [0.1, 0.15) is 23.1 Å². The molecular formula is C16H17N3O2S. The SMILES string of the molecule is CSc1nc(-c2cccc(C(C)(C)C)c2O)c(C#N)c(=O)[nH]1. The molecule has 0 atom stereocenters. The quantitative estimate of drug-likeness (QED) is 0.656. The molecule has 0 aliphatic carbocycles. The van der Waals surface area contributed by atoms with Gasteiger partial charge in [0, 0.05) is 5.56 Å². The van der Waals surface area contributed by atoms with Crippen LogP contribution in [0.2, 0.25) is 0 Å². The van der Waals surface area contributed by atoms with Crippen LogP contribution >= 0.6 is 11.8 Å². The maximum absolute atomic E-state index is 12.0. The van der Waals surface area contributed by atoms with Crippen molar-refractivity contribution in [2.45, 2.75) is 31.3 Å². The Morgan fingerprint density at radius 2 is 2.05 bits per heavy atom. The zero-order valence-corrected chi connectivity index (χ0v) is 13.7. The molecule has 0 aliphatic rings. The molecule has 6 heteroatoms. The molecule has 0 saturated heterocycles. The zero-order valence-electron chi connectivity index (χ0n) is 12.9. The second-order valence-corrected chi connectivity index (χ2v) is 6.66. The molecule has 1 aromatic carbocycles. The summed E-state index contributed by atoms with van der Waals surface area (Å²) in [5.74, 6) is 0.0525. The standard InChI is InChI=1S/C16H17N3O2S/c1-16(2,3)11-7-5-6-9(13(11)20)12-10(8-17)14(21)19-15(18-12)22-4/h5-7,20H,1-4H3,(H,18,19,21). The van der Waals surface area contributed by atoms with E-state index in [2.05, 4.69) is 9.97 Å². The number of thioether (sulfide) groups is 1. The van der Waals surface area contributed by atoms with E-state index < -0.39 is 5.56 Å². The van der Waals surface area contributed by atoms with E-state index in [-0.39, 0.29) is 22.4 Å². The molecule has 0 saturated carbocycles. The number of hydrogen-bond donors (Lipinski definition) is 2. The molecule has 2 N–H and O–H groups in total. The van der Waals surface area contributed by atoms with Crippen molar-refractivity contribution in [1.82, 2.24) is 9.97 Å². The molecule has 0 aliphatic heterocycles. The van der Waals surface area contributed by atoms with E-state index in [4.69, 9.17) is 0 Å². The van der Waals surface area contributed by atoms with Crippen molar-refractivity contribution in [3.05, 3.63) is 39.7 Å². The van der Waals surface area contributed by atoms with Crippen molar-refractivity contribution >= 4 is 11.8 Å². The molecule has 114 valence electrons. The number of phenolic OH excluding ortho intramolecular Hbond substituents is 1. The van der Waals surface area contributed by atoms with E-state index in [0.717, 1.165) is 5.56 Å². The monoisotopic (exact) mass is 315 g/mol. The molecule has 0 radical (unpaired) electrons. The number of nitrogens with one attached hydrogen (secondary N) is 1. The fraction of sp³-hybridized carbons (Fsp3) is 0.312. The lowest BCUT2D eigenvalue weighted by Crippen LogP contribution is -2.15. The van der Waals surface area contributed by atoms with E-state index in [0.29, 0.717) is 10.7 Å². The number of H-pyrrole nitrogens is 1. The summed E-state index contributed by atoms with van der Waals surface area (Å²) in [5, 5.41) is 20.2. The van der Waals surface area contributed by atoms with Gasteiger partial charge in [-0.2, -0.15) is 5.26 Å². The number of nitriles is 1. The highest BCUT2D eigenvalue weighted by Gasteiger charge is 2.23. The van der Waals surface area contributed by atoms with Gasteiger partial charge in [0.05, 0.1) is 0 Å². The van der Waals surface area contributed by atoms with E-state index in [1.165, 1.54) is 11.8 Å². The van der Waals surface area contributed by atoms with E-state index in [1.807, 2.05) is 32.9 Å². The number of hydrogen-bond acceptors (Lipinski definition) is 5. The van der Waals surface area contributed by atoms with Crippen LogP contribution in [0.3, 0.4) is 0 Å². The summed E-state index contributed by atoms with van der Waals surface area (Å²) in [6.45, 7) is 5.95. The van der Waals surface area contributed by atoms with E-state index in [1.54, 1.807) is 18.4 Å². The van der Waals surface area contributed by atoms with Gasteiger partial charge in [-0.05, 0) is 23.3 Å². The molecule has 1 heterocycles. The third-order valence-corrected chi connectivity index (χ3v) is 3.88. The van der Waals surface area contributed by atoms with Gasteiger partial charge in [0.15, 0.2) is 5.16 Å². The highest BCUT2D eigenvalue weighted by atomic mass is 32.2. The Kier molecular flexibility index (Phi) is 4.29. The Labute approximate surface area is 133 Å². The van der Waals surface area contributed by atoms with Gasteiger partial charge in [-0.15, -0.1) is 0 Å². The minimum Gasteiger partial charge on any atom is -0.507 e. The van der Waals surface area contributed by atoms with Crippen LogP contribution in [0.4, 0.5) is 0 Å². The van der Waals surface area contributed by atoms with Crippen molar-refractivity contribution < 1.29 is 5.11 Å².